The van der Waals surface area contributed by atoms with Crippen LogP contribution in [0.1, 0.15) is 59.4 Å². The summed E-state index contributed by atoms with van der Waals surface area (Å²) in [5.74, 6) is -0.529. The Labute approximate surface area is 211 Å². The van der Waals surface area contributed by atoms with Crippen molar-refractivity contribution in [2.45, 2.75) is 51.6 Å². The van der Waals surface area contributed by atoms with E-state index in [0.717, 1.165) is 62.1 Å². The molecule has 7 nitrogen and oxygen atoms in total. The van der Waals surface area contributed by atoms with Crippen molar-refractivity contribution in [3.8, 4) is 0 Å². The highest BCUT2D eigenvalue weighted by Crippen LogP contribution is 2.37. The molecule has 0 radical (unpaired) electrons. The number of fused-ring (bicyclic) bond motifs is 2. The first-order valence-corrected chi connectivity index (χ1v) is 12.7. The third-order valence-electron chi connectivity index (χ3n) is 7.10. The van der Waals surface area contributed by atoms with E-state index in [2.05, 4.69) is 75.7 Å². The van der Waals surface area contributed by atoms with E-state index < -0.39 is 5.91 Å². The predicted molar refractivity (Wildman–Crippen MR) is 141 cm³/mol. The van der Waals surface area contributed by atoms with Crippen LogP contribution in [0.4, 0.5) is 0 Å². The van der Waals surface area contributed by atoms with Crippen LogP contribution in [-0.2, 0) is 30.6 Å². The Balaban J connectivity index is 1.38. The predicted octanol–water partition coefficient (Wildman–Crippen LogP) is 5.09. The van der Waals surface area contributed by atoms with Crippen molar-refractivity contribution in [1.29, 1.82) is 0 Å². The lowest BCUT2D eigenvalue weighted by molar-refractivity contribution is -0.124. The first-order chi connectivity index (χ1) is 17.6. The van der Waals surface area contributed by atoms with Gasteiger partial charge in [-0.3, -0.25) is 20.0 Å². The number of nitrogens with zero attached hydrogens (tertiary/aromatic N) is 2. The molecule has 2 heterocycles. The number of rotatable bonds is 10. The van der Waals surface area contributed by atoms with Crippen LogP contribution in [-0.4, -0.2) is 37.7 Å². The van der Waals surface area contributed by atoms with Gasteiger partial charge in [0, 0.05) is 48.0 Å². The summed E-state index contributed by atoms with van der Waals surface area (Å²) < 4.78 is 0. The quantitative estimate of drug-likeness (QED) is 0.143. The van der Waals surface area contributed by atoms with E-state index >= 15 is 0 Å². The van der Waals surface area contributed by atoms with Gasteiger partial charge in [0.05, 0.1) is 5.69 Å². The number of carbonyl (C=O) groups excluding carboxylic acids is 1. The highest BCUT2D eigenvalue weighted by molar-refractivity contribution is 5.90. The molecule has 1 atom stereocenters. The maximum atomic E-state index is 11.4. The second-order valence-electron chi connectivity index (χ2n) is 9.54. The average Bonchev–Trinajstić information content (AvgIpc) is 3.63. The number of benzene rings is 2. The highest BCUT2D eigenvalue weighted by Gasteiger charge is 2.28. The minimum atomic E-state index is -0.529. The maximum Gasteiger partial charge on any atom is 0.267 e. The first-order valence-electron chi connectivity index (χ1n) is 12.7. The zero-order valence-corrected chi connectivity index (χ0v) is 20.6. The van der Waals surface area contributed by atoms with Crippen LogP contribution in [0.15, 0.2) is 60.8 Å². The fourth-order valence-corrected chi connectivity index (χ4v) is 5.35. The summed E-state index contributed by atoms with van der Waals surface area (Å²) >= 11 is 0. The van der Waals surface area contributed by atoms with E-state index in [4.69, 9.17) is 5.21 Å². The Morgan fingerprint density at radius 3 is 2.97 bits per heavy atom. The molecule has 0 fully saturated rings. The number of para-hydroxylation sites is 1. The molecule has 1 unspecified atom stereocenters. The zero-order chi connectivity index (χ0) is 24.9. The molecule has 0 aliphatic heterocycles. The molecule has 0 saturated heterocycles. The van der Waals surface area contributed by atoms with Crippen LogP contribution >= 0.6 is 0 Å². The molecule has 5 rings (SSSR count). The second kappa shape index (κ2) is 10.9. The molecule has 7 heteroatoms. The van der Waals surface area contributed by atoms with Gasteiger partial charge >= 0.3 is 0 Å². The summed E-state index contributed by atoms with van der Waals surface area (Å²) in [7, 11) is 0. The molecule has 4 N–H and O–H groups in total. The van der Waals surface area contributed by atoms with Gasteiger partial charge in [-0.05, 0) is 66.1 Å². The molecule has 1 aliphatic rings. The van der Waals surface area contributed by atoms with E-state index in [1.54, 1.807) is 11.6 Å². The van der Waals surface area contributed by atoms with E-state index in [0.29, 0.717) is 6.04 Å². The van der Waals surface area contributed by atoms with Crippen LogP contribution < -0.4 is 5.48 Å². The first kappa shape index (κ1) is 24.0. The number of hydrogen-bond donors (Lipinski definition) is 4. The fourth-order valence-electron chi connectivity index (χ4n) is 5.35. The number of carbonyl (C=O) groups is 1. The molecule has 0 spiro atoms. The van der Waals surface area contributed by atoms with Gasteiger partial charge in [-0.15, -0.1) is 0 Å². The molecule has 2 aromatic carbocycles. The van der Waals surface area contributed by atoms with Crippen LogP contribution in [0.5, 0.6) is 0 Å². The van der Waals surface area contributed by atoms with Crippen molar-refractivity contribution >= 4 is 22.9 Å². The second-order valence-corrected chi connectivity index (χ2v) is 9.54. The lowest BCUT2D eigenvalue weighted by Gasteiger charge is -2.29. The standard InChI is InChI=1S/C29H33N5O2/c1-2-5-23-17-24(32-31-23)19-34(15-14-22-18-30-27-7-4-3-6-25(22)27)28-12-10-21-16-20(8-11-26(21)28)9-13-29(35)33-36/h3-4,6-9,11,13,16-18,28,30,36H,2,5,10,12,14-15,19H2,1H3,(H,31,32)(H,33,35). The van der Waals surface area contributed by atoms with E-state index in [9.17, 15) is 4.79 Å². The van der Waals surface area contributed by atoms with Gasteiger partial charge in [0.2, 0.25) is 0 Å². The Bertz CT molecular complexity index is 1370. The van der Waals surface area contributed by atoms with Crippen molar-refractivity contribution in [3.05, 3.63) is 94.4 Å². The van der Waals surface area contributed by atoms with E-state index in [1.807, 2.05) is 6.07 Å². The topological polar surface area (TPSA) is 97.0 Å². The van der Waals surface area contributed by atoms with Gasteiger partial charge in [-0.25, -0.2) is 5.48 Å². The fraction of sp³-hybridized carbons (Fsp3) is 0.310. The summed E-state index contributed by atoms with van der Waals surface area (Å²) in [6.45, 7) is 3.94. The summed E-state index contributed by atoms with van der Waals surface area (Å²) in [5.41, 5.74) is 10.1. The van der Waals surface area contributed by atoms with Crippen LogP contribution in [0, 0.1) is 0 Å². The number of hydroxylamine groups is 1. The van der Waals surface area contributed by atoms with Crippen molar-refractivity contribution < 1.29 is 10.0 Å². The molecule has 0 bridgehead atoms. The van der Waals surface area contributed by atoms with Gasteiger partial charge in [0.15, 0.2) is 0 Å². The monoisotopic (exact) mass is 483 g/mol. The van der Waals surface area contributed by atoms with Gasteiger partial charge in [-0.1, -0.05) is 49.7 Å². The third kappa shape index (κ3) is 5.27. The highest BCUT2D eigenvalue weighted by atomic mass is 16.5. The molecule has 186 valence electrons. The summed E-state index contributed by atoms with van der Waals surface area (Å²) in [6, 6.07) is 17.4. The van der Waals surface area contributed by atoms with Gasteiger partial charge in [-0.2, -0.15) is 5.10 Å². The number of aryl methyl sites for hydroxylation is 2. The Morgan fingerprint density at radius 1 is 1.22 bits per heavy atom. The van der Waals surface area contributed by atoms with Gasteiger partial charge in [0.1, 0.15) is 0 Å². The number of aromatic amines is 2. The minimum absolute atomic E-state index is 0.321. The molecule has 36 heavy (non-hydrogen) atoms. The normalized spacial score (nSPS) is 15.2. The zero-order valence-electron chi connectivity index (χ0n) is 20.6. The molecule has 2 aromatic heterocycles. The summed E-state index contributed by atoms with van der Waals surface area (Å²) in [5, 5.41) is 17.8. The average molecular weight is 484 g/mol. The largest absolute Gasteiger partial charge is 0.361 e. The summed E-state index contributed by atoms with van der Waals surface area (Å²) in [6.07, 6.45) is 10.3. The number of hydrogen-bond acceptors (Lipinski definition) is 4. The van der Waals surface area contributed by atoms with Crippen molar-refractivity contribution in [2.24, 2.45) is 0 Å². The Morgan fingerprint density at radius 2 is 2.11 bits per heavy atom. The number of H-pyrrole nitrogens is 2. The van der Waals surface area contributed by atoms with Gasteiger partial charge in [0.25, 0.3) is 5.91 Å². The van der Waals surface area contributed by atoms with Crippen LogP contribution in [0.25, 0.3) is 17.0 Å². The molecule has 1 amide bonds. The molecular weight excluding hydrogens is 450 g/mol. The van der Waals surface area contributed by atoms with Crippen molar-refractivity contribution in [3.63, 3.8) is 0 Å². The summed E-state index contributed by atoms with van der Waals surface area (Å²) in [4.78, 5) is 17.3. The Hall–Kier alpha value is -3.68. The SMILES string of the molecule is CCCc1cc(CN(CCc2c[nH]c3ccccc23)C2CCc3cc(C=CC(=O)NO)ccc32)[nH]n1. The lowest BCUT2D eigenvalue weighted by atomic mass is 10.0. The van der Waals surface area contributed by atoms with Crippen molar-refractivity contribution in [2.75, 3.05) is 6.54 Å². The van der Waals surface area contributed by atoms with Gasteiger partial charge < -0.3 is 4.98 Å². The smallest absolute Gasteiger partial charge is 0.267 e. The third-order valence-corrected chi connectivity index (χ3v) is 7.10. The maximum absolute atomic E-state index is 11.4. The number of aromatic nitrogens is 3. The van der Waals surface area contributed by atoms with Crippen LogP contribution in [0.3, 0.4) is 0 Å². The van der Waals surface area contributed by atoms with E-state index in [-0.39, 0.29) is 0 Å². The Kier molecular flexibility index (Phi) is 7.30. The molecule has 0 saturated carbocycles. The lowest BCUT2D eigenvalue weighted by Crippen LogP contribution is -2.29. The van der Waals surface area contributed by atoms with E-state index in [1.165, 1.54) is 33.7 Å². The van der Waals surface area contributed by atoms with Crippen LogP contribution in [0.2, 0.25) is 0 Å². The molecular formula is C29H33N5O2. The number of nitrogens with one attached hydrogen (secondary N) is 3. The minimum Gasteiger partial charge on any atom is -0.361 e. The molecule has 4 aromatic rings. The number of amides is 1. The van der Waals surface area contributed by atoms with Crippen molar-refractivity contribution in [1.82, 2.24) is 25.6 Å². The molecule has 1 aliphatic carbocycles.